The van der Waals surface area contributed by atoms with Crippen molar-refractivity contribution in [3.8, 4) is 0 Å². The summed E-state index contributed by atoms with van der Waals surface area (Å²) in [5.41, 5.74) is 0.804. The predicted molar refractivity (Wildman–Crippen MR) is 79.5 cm³/mol. The standard InChI is InChI=1S/C16H22N2O3/c1-12(2)21-15(19)13-4-3-7-17-14(13)18-8-5-16(10-18)6-9-20-11-16/h3-4,7,12H,5-6,8-11H2,1-2H3/t16-/m1/s1. The monoisotopic (exact) mass is 290 g/mol. The van der Waals surface area contributed by atoms with Crippen molar-refractivity contribution in [2.24, 2.45) is 5.41 Å². The Hall–Kier alpha value is -1.62. The van der Waals surface area contributed by atoms with Crippen LogP contribution in [0.25, 0.3) is 0 Å². The summed E-state index contributed by atoms with van der Waals surface area (Å²) < 4.78 is 10.9. The number of anilines is 1. The van der Waals surface area contributed by atoms with E-state index in [1.54, 1.807) is 18.3 Å². The number of ether oxygens (including phenoxy) is 2. The number of carbonyl (C=O) groups is 1. The highest BCUT2D eigenvalue weighted by Crippen LogP contribution is 2.40. The van der Waals surface area contributed by atoms with E-state index in [2.05, 4.69) is 9.88 Å². The topological polar surface area (TPSA) is 51.7 Å². The molecule has 2 fully saturated rings. The highest BCUT2D eigenvalue weighted by molar-refractivity contribution is 5.94. The second-order valence-electron chi connectivity index (χ2n) is 6.30. The van der Waals surface area contributed by atoms with Gasteiger partial charge in [-0.2, -0.15) is 0 Å². The minimum absolute atomic E-state index is 0.126. The van der Waals surface area contributed by atoms with Crippen molar-refractivity contribution in [2.45, 2.75) is 32.8 Å². The third-order valence-corrected chi connectivity index (χ3v) is 4.27. The van der Waals surface area contributed by atoms with Gasteiger partial charge in [-0.05, 0) is 38.8 Å². The number of pyridine rings is 1. The molecule has 0 N–H and O–H groups in total. The first-order chi connectivity index (χ1) is 10.1. The van der Waals surface area contributed by atoms with Gasteiger partial charge in [0.1, 0.15) is 11.4 Å². The maximum Gasteiger partial charge on any atom is 0.342 e. The van der Waals surface area contributed by atoms with E-state index in [4.69, 9.17) is 9.47 Å². The average Bonchev–Trinajstić information content (AvgIpc) is 3.09. The molecule has 0 radical (unpaired) electrons. The molecule has 3 rings (SSSR count). The van der Waals surface area contributed by atoms with Gasteiger partial charge in [-0.15, -0.1) is 0 Å². The van der Waals surface area contributed by atoms with Crippen molar-refractivity contribution < 1.29 is 14.3 Å². The van der Waals surface area contributed by atoms with Gasteiger partial charge in [-0.3, -0.25) is 0 Å². The molecule has 114 valence electrons. The molecule has 0 aliphatic carbocycles. The lowest BCUT2D eigenvalue weighted by atomic mass is 9.87. The Labute approximate surface area is 125 Å². The molecule has 5 heteroatoms. The van der Waals surface area contributed by atoms with Gasteiger partial charge in [0.2, 0.25) is 0 Å². The maximum atomic E-state index is 12.2. The summed E-state index contributed by atoms with van der Waals surface area (Å²) in [5, 5.41) is 0. The second kappa shape index (κ2) is 5.64. The Bertz CT molecular complexity index is 524. The van der Waals surface area contributed by atoms with Crippen LogP contribution in [0.4, 0.5) is 5.82 Å². The molecule has 3 heterocycles. The molecule has 5 nitrogen and oxygen atoms in total. The van der Waals surface area contributed by atoms with Gasteiger partial charge in [0.15, 0.2) is 0 Å². The molecular formula is C16H22N2O3. The summed E-state index contributed by atoms with van der Waals surface area (Å²) in [5.74, 6) is 0.448. The molecule has 0 amide bonds. The fourth-order valence-corrected chi connectivity index (χ4v) is 3.17. The van der Waals surface area contributed by atoms with Crippen LogP contribution in [-0.4, -0.2) is 43.4 Å². The van der Waals surface area contributed by atoms with Crippen LogP contribution in [-0.2, 0) is 9.47 Å². The first-order valence-electron chi connectivity index (χ1n) is 7.58. The molecule has 2 saturated heterocycles. The van der Waals surface area contributed by atoms with Crippen LogP contribution in [0, 0.1) is 5.41 Å². The maximum absolute atomic E-state index is 12.2. The van der Waals surface area contributed by atoms with E-state index >= 15 is 0 Å². The number of rotatable bonds is 3. The van der Waals surface area contributed by atoms with Gasteiger partial charge in [0.05, 0.1) is 12.7 Å². The highest BCUT2D eigenvalue weighted by Gasteiger charge is 2.42. The van der Waals surface area contributed by atoms with Crippen LogP contribution < -0.4 is 4.90 Å². The van der Waals surface area contributed by atoms with Crippen molar-refractivity contribution in [3.63, 3.8) is 0 Å². The van der Waals surface area contributed by atoms with E-state index in [1.807, 2.05) is 13.8 Å². The second-order valence-corrected chi connectivity index (χ2v) is 6.30. The van der Waals surface area contributed by atoms with Crippen molar-refractivity contribution in [3.05, 3.63) is 23.9 Å². The highest BCUT2D eigenvalue weighted by atomic mass is 16.5. The minimum atomic E-state index is -0.295. The zero-order valence-electron chi connectivity index (χ0n) is 12.7. The molecule has 1 aromatic rings. The number of nitrogens with zero attached hydrogens (tertiary/aromatic N) is 2. The van der Waals surface area contributed by atoms with Crippen molar-refractivity contribution >= 4 is 11.8 Å². The van der Waals surface area contributed by atoms with Crippen molar-refractivity contribution in [2.75, 3.05) is 31.2 Å². The molecule has 0 unspecified atom stereocenters. The number of hydrogen-bond acceptors (Lipinski definition) is 5. The lowest BCUT2D eigenvalue weighted by Gasteiger charge is -2.24. The van der Waals surface area contributed by atoms with E-state index in [0.29, 0.717) is 5.56 Å². The third-order valence-electron chi connectivity index (χ3n) is 4.27. The molecule has 1 aromatic heterocycles. The van der Waals surface area contributed by atoms with Crippen LogP contribution in [0.5, 0.6) is 0 Å². The van der Waals surface area contributed by atoms with E-state index < -0.39 is 0 Å². The number of aromatic nitrogens is 1. The van der Waals surface area contributed by atoms with Crippen LogP contribution in [0.15, 0.2) is 18.3 Å². The van der Waals surface area contributed by atoms with Crippen LogP contribution in [0.2, 0.25) is 0 Å². The molecule has 21 heavy (non-hydrogen) atoms. The predicted octanol–water partition coefficient (Wildman–Crippen LogP) is 2.26. The normalized spacial score (nSPS) is 25.0. The number of hydrogen-bond donors (Lipinski definition) is 0. The van der Waals surface area contributed by atoms with Gasteiger partial charge in [0, 0.05) is 31.3 Å². The Morgan fingerprint density at radius 1 is 1.48 bits per heavy atom. The smallest absolute Gasteiger partial charge is 0.342 e. The van der Waals surface area contributed by atoms with Crippen molar-refractivity contribution in [1.29, 1.82) is 0 Å². The summed E-state index contributed by atoms with van der Waals surface area (Å²) in [6.07, 6.45) is 3.81. The molecule has 1 spiro atoms. The Balaban J connectivity index is 1.81. The molecule has 0 aromatic carbocycles. The van der Waals surface area contributed by atoms with Gasteiger partial charge >= 0.3 is 5.97 Å². The van der Waals surface area contributed by atoms with E-state index in [9.17, 15) is 4.79 Å². The molecule has 0 saturated carbocycles. The van der Waals surface area contributed by atoms with Gasteiger partial charge in [0.25, 0.3) is 0 Å². The zero-order valence-corrected chi connectivity index (χ0v) is 12.7. The Kier molecular flexibility index (Phi) is 3.85. The van der Waals surface area contributed by atoms with E-state index in [-0.39, 0.29) is 17.5 Å². The molecule has 2 aliphatic heterocycles. The first-order valence-corrected chi connectivity index (χ1v) is 7.58. The summed E-state index contributed by atoms with van der Waals surface area (Å²) in [6.45, 7) is 7.21. The summed E-state index contributed by atoms with van der Waals surface area (Å²) >= 11 is 0. The fraction of sp³-hybridized carbons (Fsp3) is 0.625. The van der Waals surface area contributed by atoms with Crippen molar-refractivity contribution in [1.82, 2.24) is 4.98 Å². The zero-order chi connectivity index (χ0) is 14.9. The fourth-order valence-electron chi connectivity index (χ4n) is 3.17. The molecule has 0 bridgehead atoms. The lowest BCUT2D eigenvalue weighted by Crippen LogP contribution is -2.29. The van der Waals surface area contributed by atoms with Crippen LogP contribution in [0.3, 0.4) is 0 Å². The van der Waals surface area contributed by atoms with Gasteiger partial charge < -0.3 is 14.4 Å². The number of carbonyl (C=O) groups excluding carboxylic acids is 1. The van der Waals surface area contributed by atoms with Crippen LogP contribution >= 0.6 is 0 Å². The molecular weight excluding hydrogens is 268 g/mol. The SMILES string of the molecule is CC(C)OC(=O)c1cccnc1N1CC[C@@]2(CCOC2)C1. The van der Waals surface area contributed by atoms with E-state index in [0.717, 1.165) is 45.0 Å². The molecule has 1 atom stereocenters. The molecule has 2 aliphatic rings. The third kappa shape index (κ3) is 2.88. The lowest BCUT2D eigenvalue weighted by molar-refractivity contribution is 0.0378. The van der Waals surface area contributed by atoms with Gasteiger partial charge in [-0.25, -0.2) is 9.78 Å². The first kappa shape index (κ1) is 14.3. The summed E-state index contributed by atoms with van der Waals surface area (Å²) in [7, 11) is 0. The van der Waals surface area contributed by atoms with E-state index in [1.165, 1.54) is 0 Å². The quantitative estimate of drug-likeness (QED) is 0.799. The minimum Gasteiger partial charge on any atom is -0.459 e. The number of esters is 1. The van der Waals surface area contributed by atoms with Gasteiger partial charge in [-0.1, -0.05) is 0 Å². The average molecular weight is 290 g/mol. The largest absolute Gasteiger partial charge is 0.459 e. The summed E-state index contributed by atoms with van der Waals surface area (Å²) in [6, 6.07) is 3.58. The Morgan fingerprint density at radius 2 is 2.33 bits per heavy atom. The Morgan fingerprint density at radius 3 is 3.05 bits per heavy atom. The van der Waals surface area contributed by atoms with Crippen LogP contribution in [0.1, 0.15) is 37.0 Å². The summed E-state index contributed by atoms with van der Waals surface area (Å²) in [4.78, 5) is 18.9.